The highest BCUT2D eigenvalue weighted by Gasteiger charge is 2.39. The molecule has 0 amide bonds. The van der Waals surface area contributed by atoms with Gasteiger partial charge in [-0.05, 0) is 19.3 Å². The Morgan fingerprint density at radius 3 is 2.89 bits per heavy atom. The van der Waals surface area contributed by atoms with Gasteiger partial charge in [0, 0.05) is 12.3 Å². The van der Waals surface area contributed by atoms with Gasteiger partial charge in [-0.1, -0.05) is 0 Å². The van der Waals surface area contributed by atoms with E-state index < -0.39 is 0 Å². The molecule has 1 aliphatic carbocycles. The number of ketones is 1. The Balaban J connectivity index is 2.27. The summed E-state index contributed by atoms with van der Waals surface area (Å²) in [4.78, 5) is 10.6. The molecular weight excluding hydrogens is 114 g/mol. The van der Waals surface area contributed by atoms with Gasteiger partial charge in [-0.15, -0.1) is 0 Å². The van der Waals surface area contributed by atoms with E-state index in [4.69, 9.17) is 5.26 Å². The fourth-order valence-corrected chi connectivity index (χ4v) is 1.09. The van der Waals surface area contributed by atoms with Crippen molar-refractivity contribution in [1.82, 2.24) is 0 Å². The van der Waals surface area contributed by atoms with E-state index in [9.17, 15) is 4.79 Å². The number of hydrogen-bond donors (Lipinski definition) is 0. The molecule has 0 aliphatic heterocycles. The van der Waals surface area contributed by atoms with E-state index in [2.05, 4.69) is 6.07 Å². The SMILES string of the molecule is CC(=O)C1CC1CC#N. The number of carbonyl (C=O) groups excluding carboxylic acids is 1. The standard InChI is InChI=1S/C7H9NO/c1-5(9)7-4-6(7)2-3-8/h6-7H,2,4H2,1H3. The highest BCUT2D eigenvalue weighted by atomic mass is 16.1. The zero-order valence-electron chi connectivity index (χ0n) is 5.42. The second-order valence-electron chi connectivity index (χ2n) is 2.58. The number of rotatable bonds is 2. The topological polar surface area (TPSA) is 40.9 Å². The van der Waals surface area contributed by atoms with Crippen LogP contribution in [0.3, 0.4) is 0 Å². The molecule has 1 saturated carbocycles. The van der Waals surface area contributed by atoms with Crippen LogP contribution in [-0.4, -0.2) is 5.78 Å². The molecule has 2 atom stereocenters. The molecule has 1 rings (SSSR count). The summed E-state index contributed by atoms with van der Waals surface area (Å²) in [5.41, 5.74) is 0. The molecule has 0 aromatic carbocycles. The Labute approximate surface area is 54.5 Å². The molecule has 0 aromatic heterocycles. The average molecular weight is 123 g/mol. The van der Waals surface area contributed by atoms with Crippen molar-refractivity contribution in [1.29, 1.82) is 5.26 Å². The predicted octanol–water partition coefficient (Wildman–Crippen LogP) is 1.13. The summed E-state index contributed by atoms with van der Waals surface area (Å²) in [5, 5.41) is 8.21. The van der Waals surface area contributed by atoms with Crippen molar-refractivity contribution in [3.8, 4) is 6.07 Å². The van der Waals surface area contributed by atoms with Gasteiger partial charge in [-0.3, -0.25) is 4.79 Å². The van der Waals surface area contributed by atoms with Gasteiger partial charge in [0.25, 0.3) is 0 Å². The Bertz CT molecular complexity index is 168. The van der Waals surface area contributed by atoms with Crippen molar-refractivity contribution in [2.24, 2.45) is 11.8 Å². The van der Waals surface area contributed by atoms with Crippen LogP contribution in [0.5, 0.6) is 0 Å². The van der Waals surface area contributed by atoms with Crippen LogP contribution in [-0.2, 0) is 4.79 Å². The van der Waals surface area contributed by atoms with Gasteiger partial charge in [0.05, 0.1) is 6.07 Å². The molecule has 1 fully saturated rings. The molecule has 2 nitrogen and oxygen atoms in total. The van der Waals surface area contributed by atoms with E-state index in [1.807, 2.05) is 0 Å². The van der Waals surface area contributed by atoms with E-state index in [-0.39, 0.29) is 11.7 Å². The van der Waals surface area contributed by atoms with Crippen molar-refractivity contribution < 1.29 is 4.79 Å². The Morgan fingerprint density at radius 2 is 2.56 bits per heavy atom. The number of nitrogens with zero attached hydrogens (tertiary/aromatic N) is 1. The van der Waals surface area contributed by atoms with Gasteiger partial charge in [0.2, 0.25) is 0 Å². The first-order valence-corrected chi connectivity index (χ1v) is 3.13. The molecule has 0 heterocycles. The third-order valence-corrected chi connectivity index (χ3v) is 1.80. The minimum absolute atomic E-state index is 0.227. The molecule has 0 radical (unpaired) electrons. The van der Waals surface area contributed by atoms with E-state index in [1.165, 1.54) is 0 Å². The first kappa shape index (κ1) is 6.28. The van der Waals surface area contributed by atoms with Gasteiger partial charge in [-0.25, -0.2) is 0 Å². The van der Waals surface area contributed by atoms with Crippen LogP contribution in [0.4, 0.5) is 0 Å². The lowest BCUT2D eigenvalue weighted by Gasteiger charge is -1.84. The fourth-order valence-electron chi connectivity index (χ4n) is 1.09. The second-order valence-corrected chi connectivity index (χ2v) is 2.58. The summed E-state index contributed by atoms with van der Waals surface area (Å²) in [6.45, 7) is 1.60. The van der Waals surface area contributed by atoms with Crippen molar-refractivity contribution in [2.75, 3.05) is 0 Å². The molecule has 0 saturated heterocycles. The third kappa shape index (κ3) is 1.29. The quantitative estimate of drug-likeness (QED) is 0.552. The van der Waals surface area contributed by atoms with Crippen LogP contribution in [0.2, 0.25) is 0 Å². The number of hydrogen-bond acceptors (Lipinski definition) is 2. The lowest BCUT2D eigenvalue weighted by atomic mass is 10.2. The number of carbonyl (C=O) groups is 1. The van der Waals surface area contributed by atoms with Crippen LogP contribution < -0.4 is 0 Å². The molecular formula is C7H9NO. The first-order chi connectivity index (χ1) is 4.25. The summed E-state index contributed by atoms with van der Waals surface area (Å²) < 4.78 is 0. The van der Waals surface area contributed by atoms with Gasteiger partial charge < -0.3 is 0 Å². The highest BCUT2D eigenvalue weighted by Crippen LogP contribution is 2.41. The van der Waals surface area contributed by atoms with E-state index in [0.29, 0.717) is 12.3 Å². The van der Waals surface area contributed by atoms with Crippen LogP contribution >= 0.6 is 0 Å². The van der Waals surface area contributed by atoms with Crippen LogP contribution in [0, 0.1) is 23.2 Å². The van der Waals surface area contributed by atoms with Crippen molar-refractivity contribution in [3.05, 3.63) is 0 Å². The van der Waals surface area contributed by atoms with Crippen LogP contribution in [0.15, 0.2) is 0 Å². The highest BCUT2D eigenvalue weighted by molar-refractivity contribution is 5.81. The molecule has 2 heteroatoms. The summed E-state index contributed by atoms with van der Waals surface area (Å²) in [7, 11) is 0. The normalized spacial score (nSPS) is 31.1. The molecule has 48 valence electrons. The zero-order chi connectivity index (χ0) is 6.85. The fraction of sp³-hybridized carbons (Fsp3) is 0.714. The second kappa shape index (κ2) is 2.18. The molecule has 0 spiro atoms. The minimum Gasteiger partial charge on any atom is -0.300 e. The van der Waals surface area contributed by atoms with Gasteiger partial charge in [0.15, 0.2) is 0 Å². The summed E-state index contributed by atoms with van der Waals surface area (Å²) in [5.74, 6) is 0.868. The van der Waals surface area contributed by atoms with E-state index in [1.54, 1.807) is 6.92 Å². The minimum atomic E-state index is 0.227. The number of nitriles is 1. The smallest absolute Gasteiger partial charge is 0.133 e. The first-order valence-electron chi connectivity index (χ1n) is 3.13. The van der Waals surface area contributed by atoms with Crippen LogP contribution in [0.1, 0.15) is 19.8 Å². The van der Waals surface area contributed by atoms with Crippen molar-refractivity contribution in [2.45, 2.75) is 19.8 Å². The summed E-state index contributed by atoms with van der Waals surface area (Å²) in [6.07, 6.45) is 1.51. The number of Topliss-reactive ketones (excluding diaryl/α,β-unsaturated/α-hetero) is 1. The Kier molecular flexibility index (Phi) is 1.52. The Morgan fingerprint density at radius 1 is 1.89 bits per heavy atom. The average Bonchev–Trinajstić information content (AvgIpc) is 2.47. The zero-order valence-corrected chi connectivity index (χ0v) is 5.42. The molecule has 0 N–H and O–H groups in total. The molecule has 9 heavy (non-hydrogen) atoms. The molecule has 0 aromatic rings. The Hall–Kier alpha value is -0.840. The maximum absolute atomic E-state index is 10.6. The monoisotopic (exact) mass is 123 g/mol. The van der Waals surface area contributed by atoms with Gasteiger partial charge in [-0.2, -0.15) is 5.26 Å². The molecule has 1 aliphatic rings. The largest absolute Gasteiger partial charge is 0.300 e. The summed E-state index contributed by atoms with van der Waals surface area (Å²) >= 11 is 0. The summed E-state index contributed by atoms with van der Waals surface area (Å²) in [6, 6.07) is 2.06. The van der Waals surface area contributed by atoms with Crippen LogP contribution in [0.25, 0.3) is 0 Å². The maximum Gasteiger partial charge on any atom is 0.133 e. The van der Waals surface area contributed by atoms with Crippen molar-refractivity contribution in [3.63, 3.8) is 0 Å². The predicted molar refractivity (Wildman–Crippen MR) is 32.5 cm³/mol. The third-order valence-electron chi connectivity index (χ3n) is 1.80. The maximum atomic E-state index is 10.6. The van der Waals surface area contributed by atoms with Gasteiger partial charge in [0.1, 0.15) is 5.78 Å². The molecule has 0 bridgehead atoms. The van der Waals surface area contributed by atoms with Gasteiger partial charge >= 0.3 is 0 Å². The van der Waals surface area contributed by atoms with E-state index >= 15 is 0 Å². The van der Waals surface area contributed by atoms with E-state index in [0.717, 1.165) is 6.42 Å². The lowest BCUT2D eigenvalue weighted by molar-refractivity contribution is -0.118. The lowest BCUT2D eigenvalue weighted by Crippen LogP contribution is -1.93. The molecule has 2 unspecified atom stereocenters. The van der Waals surface area contributed by atoms with Crippen molar-refractivity contribution >= 4 is 5.78 Å².